The molecule has 0 spiro atoms. The average Bonchev–Trinajstić information content (AvgIpc) is 3.00. The molecule has 1 saturated heterocycles. The molecule has 25 heavy (non-hydrogen) atoms. The Morgan fingerprint density at radius 1 is 1.36 bits per heavy atom. The van der Waals surface area contributed by atoms with Gasteiger partial charge in [-0.3, -0.25) is 14.2 Å². The van der Waals surface area contributed by atoms with E-state index in [9.17, 15) is 14.4 Å². The molecule has 2 fully saturated rings. The second kappa shape index (κ2) is 6.47. The van der Waals surface area contributed by atoms with Crippen molar-refractivity contribution in [1.29, 1.82) is 0 Å². The Morgan fingerprint density at radius 2 is 2.20 bits per heavy atom. The Bertz CT molecular complexity index is 850. The Morgan fingerprint density at radius 3 is 2.84 bits per heavy atom. The van der Waals surface area contributed by atoms with Gasteiger partial charge in [-0.05, 0) is 30.7 Å². The highest BCUT2D eigenvalue weighted by Crippen LogP contribution is 2.37. The summed E-state index contributed by atoms with van der Waals surface area (Å²) < 4.78 is 3.19. The number of thiophene rings is 1. The van der Waals surface area contributed by atoms with Gasteiger partial charge in [0.1, 0.15) is 6.04 Å². The van der Waals surface area contributed by atoms with E-state index in [4.69, 9.17) is 0 Å². The molecule has 3 heterocycles. The van der Waals surface area contributed by atoms with Crippen LogP contribution in [0.2, 0.25) is 0 Å². The minimum atomic E-state index is -0.463. The van der Waals surface area contributed by atoms with Crippen LogP contribution in [0, 0.1) is 0 Å². The second-order valence-corrected chi connectivity index (χ2v) is 7.31. The monoisotopic (exact) mass is 361 g/mol. The van der Waals surface area contributed by atoms with E-state index in [-0.39, 0.29) is 23.5 Å². The third-order valence-corrected chi connectivity index (χ3v) is 5.32. The zero-order chi connectivity index (χ0) is 17.4. The predicted octanol–water partition coefficient (Wildman–Crippen LogP) is 0.503. The zero-order valence-electron chi connectivity index (χ0n) is 13.6. The molecule has 1 aliphatic heterocycles. The van der Waals surface area contributed by atoms with Crippen molar-refractivity contribution in [2.45, 2.75) is 44.3 Å². The normalized spacial score (nSPS) is 19.8. The van der Waals surface area contributed by atoms with Crippen LogP contribution in [0.25, 0.3) is 10.7 Å². The summed E-state index contributed by atoms with van der Waals surface area (Å²) in [4.78, 5) is 36.8. The van der Waals surface area contributed by atoms with Crippen LogP contribution in [-0.2, 0) is 16.1 Å². The molecular weight excluding hydrogens is 342 g/mol. The second-order valence-electron chi connectivity index (χ2n) is 6.36. The standard InChI is InChI=1S/C16H19N5O3S/c22-13-6-5-11(18-13)15(23)17-7-8-20-16(24)21(10-3-4-10)14(19-20)12-2-1-9-25-12/h1-2,9-11H,3-8H2,(H,17,23)(H,18,22). The highest BCUT2D eigenvalue weighted by atomic mass is 32.1. The van der Waals surface area contributed by atoms with Gasteiger partial charge in [0, 0.05) is 19.0 Å². The van der Waals surface area contributed by atoms with Crippen molar-refractivity contribution < 1.29 is 9.59 Å². The number of nitrogens with zero attached hydrogens (tertiary/aromatic N) is 3. The third kappa shape index (κ3) is 3.23. The summed E-state index contributed by atoms with van der Waals surface area (Å²) in [6.45, 7) is 0.611. The molecule has 1 saturated carbocycles. The van der Waals surface area contributed by atoms with Crippen molar-refractivity contribution in [2.24, 2.45) is 0 Å². The molecule has 1 aliphatic carbocycles. The first-order valence-corrected chi connectivity index (χ1v) is 9.32. The van der Waals surface area contributed by atoms with Gasteiger partial charge >= 0.3 is 5.69 Å². The average molecular weight is 361 g/mol. The van der Waals surface area contributed by atoms with E-state index >= 15 is 0 Å². The van der Waals surface area contributed by atoms with Gasteiger partial charge in [-0.25, -0.2) is 9.48 Å². The van der Waals surface area contributed by atoms with Crippen molar-refractivity contribution >= 4 is 23.2 Å². The fourth-order valence-electron chi connectivity index (χ4n) is 3.02. The minimum absolute atomic E-state index is 0.0971. The van der Waals surface area contributed by atoms with Gasteiger partial charge in [-0.15, -0.1) is 16.4 Å². The minimum Gasteiger partial charge on any atom is -0.352 e. The number of amides is 2. The maximum atomic E-state index is 12.6. The largest absolute Gasteiger partial charge is 0.352 e. The van der Waals surface area contributed by atoms with E-state index in [1.807, 2.05) is 17.5 Å². The molecule has 1 unspecified atom stereocenters. The van der Waals surface area contributed by atoms with Gasteiger partial charge in [0.25, 0.3) is 0 Å². The maximum Gasteiger partial charge on any atom is 0.346 e. The summed E-state index contributed by atoms with van der Waals surface area (Å²) >= 11 is 1.56. The van der Waals surface area contributed by atoms with Crippen LogP contribution < -0.4 is 16.3 Å². The molecule has 1 atom stereocenters. The lowest BCUT2D eigenvalue weighted by Crippen LogP contribution is -2.43. The number of carbonyl (C=O) groups is 2. The molecule has 0 aromatic carbocycles. The molecule has 2 aromatic rings. The molecule has 2 amide bonds. The number of carbonyl (C=O) groups excluding carboxylic acids is 2. The number of hydrogen-bond donors (Lipinski definition) is 2. The van der Waals surface area contributed by atoms with Gasteiger partial charge < -0.3 is 10.6 Å². The highest BCUT2D eigenvalue weighted by Gasteiger charge is 2.31. The lowest BCUT2D eigenvalue weighted by Gasteiger charge is -2.10. The van der Waals surface area contributed by atoms with Crippen LogP contribution in [0.4, 0.5) is 0 Å². The molecular formula is C16H19N5O3S. The maximum absolute atomic E-state index is 12.6. The van der Waals surface area contributed by atoms with Crippen LogP contribution in [-0.4, -0.2) is 38.7 Å². The van der Waals surface area contributed by atoms with Crippen molar-refractivity contribution in [2.75, 3.05) is 6.54 Å². The van der Waals surface area contributed by atoms with E-state index in [0.29, 0.717) is 31.8 Å². The van der Waals surface area contributed by atoms with Gasteiger partial charge in [-0.1, -0.05) is 6.07 Å². The molecule has 0 radical (unpaired) electrons. The Labute approximate surface area is 147 Å². The molecule has 2 aliphatic rings. The van der Waals surface area contributed by atoms with Crippen LogP contribution in [0.1, 0.15) is 31.7 Å². The first-order valence-electron chi connectivity index (χ1n) is 8.44. The third-order valence-electron chi connectivity index (χ3n) is 4.46. The topological polar surface area (TPSA) is 98.0 Å². The lowest BCUT2D eigenvalue weighted by atomic mass is 10.2. The number of nitrogens with one attached hydrogen (secondary N) is 2. The van der Waals surface area contributed by atoms with E-state index in [1.54, 1.807) is 15.9 Å². The first kappa shape index (κ1) is 16.1. The van der Waals surface area contributed by atoms with Gasteiger partial charge in [0.2, 0.25) is 11.8 Å². The quantitative estimate of drug-likeness (QED) is 0.783. The van der Waals surface area contributed by atoms with Crippen molar-refractivity contribution in [3.63, 3.8) is 0 Å². The number of hydrogen-bond acceptors (Lipinski definition) is 5. The Balaban J connectivity index is 1.44. The molecule has 2 aromatic heterocycles. The summed E-state index contributed by atoms with van der Waals surface area (Å²) in [6, 6.07) is 3.67. The molecule has 2 N–H and O–H groups in total. The Kier molecular flexibility index (Phi) is 4.16. The molecule has 0 bridgehead atoms. The van der Waals surface area contributed by atoms with Crippen LogP contribution >= 0.6 is 11.3 Å². The fourth-order valence-corrected chi connectivity index (χ4v) is 3.73. The van der Waals surface area contributed by atoms with E-state index in [0.717, 1.165) is 17.7 Å². The highest BCUT2D eigenvalue weighted by molar-refractivity contribution is 7.13. The van der Waals surface area contributed by atoms with Crippen LogP contribution in [0.5, 0.6) is 0 Å². The SMILES string of the molecule is O=C1CCC(C(=O)NCCn2nc(-c3cccs3)n(C3CC3)c2=O)N1. The molecule has 8 nitrogen and oxygen atoms in total. The van der Waals surface area contributed by atoms with Crippen molar-refractivity contribution in [3.8, 4) is 10.7 Å². The van der Waals surface area contributed by atoms with E-state index in [2.05, 4.69) is 15.7 Å². The van der Waals surface area contributed by atoms with Crippen molar-refractivity contribution in [1.82, 2.24) is 25.0 Å². The summed E-state index contributed by atoms with van der Waals surface area (Å²) in [5.74, 6) is 0.399. The molecule has 132 valence electrons. The fraction of sp³-hybridized carbons (Fsp3) is 0.500. The number of rotatable bonds is 6. The predicted molar refractivity (Wildman–Crippen MR) is 92.2 cm³/mol. The van der Waals surface area contributed by atoms with E-state index < -0.39 is 6.04 Å². The lowest BCUT2D eigenvalue weighted by molar-refractivity contribution is -0.125. The van der Waals surface area contributed by atoms with Crippen LogP contribution in [0.3, 0.4) is 0 Å². The summed E-state index contributed by atoms with van der Waals surface area (Å²) in [5, 5.41) is 11.8. The van der Waals surface area contributed by atoms with Crippen molar-refractivity contribution in [3.05, 3.63) is 28.0 Å². The zero-order valence-corrected chi connectivity index (χ0v) is 14.4. The number of aromatic nitrogens is 3. The Hall–Kier alpha value is -2.42. The summed E-state index contributed by atoms with van der Waals surface area (Å²) in [5.41, 5.74) is -0.130. The van der Waals surface area contributed by atoms with Crippen LogP contribution in [0.15, 0.2) is 22.3 Å². The van der Waals surface area contributed by atoms with Gasteiger partial charge in [0.15, 0.2) is 5.82 Å². The summed E-state index contributed by atoms with van der Waals surface area (Å²) in [6.07, 6.45) is 2.90. The van der Waals surface area contributed by atoms with E-state index in [1.165, 1.54) is 4.68 Å². The first-order chi connectivity index (χ1) is 12.1. The van der Waals surface area contributed by atoms with Gasteiger partial charge in [-0.2, -0.15) is 0 Å². The summed E-state index contributed by atoms with van der Waals surface area (Å²) in [7, 11) is 0. The molecule has 9 heteroatoms. The molecule has 4 rings (SSSR count). The smallest absolute Gasteiger partial charge is 0.346 e. The van der Waals surface area contributed by atoms with Gasteiger partial charge in [0.05, 0.1) is 11.4 Å².